The van der Waals surface area contributed by atoms with Crippen LogP contribution in [0.2, 0.25) is 0 Å². The molecule has 2 unspecified atom stereocenters. The number of alkyl halides is 3. The Kier molecular flexibility index (Phi) is 7.25. The molecule has 1 fully saturated rings. The Bertz CT molecular complexity index is 1190. The first-order valence-electron chi connectivity index (χ1n) is 11.3. The Balaban J connectivity index is 1.34. The molecule has 2 N–H and O–H groups in total. The second-order valence-corrected chi connectivity index (χ2v) is 8.49. The van der Waals surface area contributed by atoms with Crippen LogP contribution in [-0.4, -0.2) is 47.8 Å². The molecular weight excluding hydrogens is 461 g/mol. The molecule has 3 aromatic rings. The van der Waals surface area contributed by atoms with Gasteiger partial charge in [0.05, 0.1) is 12.0 Å². The van der Waals surface area contributed by atoms with Gasteiger partial charge < -0.3 is 20.1 Å². The second-order valence-electron chi connectivity index (χ2n) is 8.49. The molecule has 0 bridgehead atoms. The number of rotatable bonds is 6. The standard InChI is InChI=1S/C26H25F3N2O4/c27-26(28,29)35-20-12-10-18(11-13-20)23(32)15-30-24(33)19-7-4-14-31(16-19)25(34)22-9-3-6-17-5-1-2-8-21(17)22/h1-3,5-6,8-13,19,23,32H,4,7,14-16H2,(H,30,33). The minimum atomic E-state index is -4.79. The number of halogens is 3. The Labute approximate surface area is 200 Å². The van der Waals surface area contributed by atoms with E-state index in [0.717, 1.165) is 22.9 Å². The summed E-state index contributed by atoms with van der Waals surface area (Å²) in [4.78, 5) is 27.7. The highest BCUT2D eigenvalue weighted by atomic mass is 19.4. The Morgan fingerprint density at radius 3 is 2.51 bits per heavy atom. The van der Waals surface area contributed by atoms with Crippen LogP contribution >= 0.6 is 0 Å². The van der Waals surface area contributed by atoms with Gasteiger partial charge in [0, 0.05) is 25.2 Å². The van der Waals surface area contributed by atoms with Crippen molar-refractivity contribution in [1.82, 2.24) is 10.2 Å². The van der Waals surface area contributed by atoms with E-state index in [1.165, 1.54) is 12.1 Å². The lowest BCUT2D eigenvalue weighted by Gasteiger charge is -2.32. The van der Waals surface area contributed by atoms with Gasteiger partial charge in [-0.3, -0.25) is 9.59 Å². The molecule has 1 heterocycles. The third-order valence-electron chi connectivity index (χ3n) is 6.07. The Morgan fingerprint density at radius 2 is 1.77 bits per heavy atom. The monoisotopic (exact) mass is 486 g/mol. The number of nitrogens with zero attached hydrogens (tertiary/aromatic N) is 1. The van der Waals surface area contributed by atoms with Crippen LogP contribution in [0.1, 0.15) is 34.9 Å². The molecule has 4 rings (SSSR count). The molecule has 1 aliphatic heterocycles. The normalized spacial score (nSPS) is 17.1. The smallest absolute Gasteiger partial charge is 0.406 e. The van der Waals surface area contributed by atoms with Gasteiger partial charge in [0.1, 0.15) is 5.75 Å². The molecule has 9 heteroatoms. The molecular formula is C26H25F3N2O4. The summed E-state index contributed by atoms with van der Waals surface area (Å²) in [5.74, 6) is -1.22. The average molecular weight is 486 g/mol. The molecule has 0 aliphatic carbocycles. The van der Waals surface area contributed by atoms with Crippen molar-refractivity contribution in [2.24, 2.45) is 5.92 Å². The summed E-state index contributed by atoms with van der Waals surface area (Å²) in [6.07, 6.45) is -4.60. The van der Waals surface area contributed by atoms with E-state index < -0.39 is 24.1 Å². The predicted octanol–water partition coefficient (Wildman–Crippen LogP) is 4.44. The number of aliphatic hydroxyl groups is 1. The van der Waals surface area contributed by atoms with Crippen LogP contribution in [0.5, 0.6) is 5.75 Å². The molecule has 184 valence electrons. The van der Waals surface area contributed by atoms with Gasteiger partial charge in [-0.1, -0.05) is 48.5 Å². The maximum absolute atomic E-state index is 13.2. The lowest BCUT2D eigenvalue weighted by molar-refractivity contribution is -0.274. The predicted molar refractivity (Wildman–Crippen MR) is 124 cm³/mol. The van der Waals surface area contributed by atoms with E-state index in [4.69, 9.17) is 0 Å². The maximum atomic E-state index is 13.2. The van der Waals surface area contributed by atoms with E-state index in [2.05, 4.69) is 10.1 Å². The van der Waals surface area contributed by atoms with Crippen LogP contribution in [0.4, 0.5) is 13.2 Å². The van der Waals surface area contributed by atoms with Crippen molar-refractivity contribution in [1.29, 1.82) is 0 Å². The van der Waals surface area contributed by atoms with Gasteiger partial charge in [0.2, 0.25) is 5.91 Å². The first-order chi connectivity index (χ1) is 16.7. The van der Waals surface area contributed by atoms with Gasteiger partial charge in [-0.05, 0) is 47.4 Å². The molecule has 2 atom stereocenters. The van der Waals surface area contributed by atoms with Crippen LogP contribution in [0.3, 0.4) is 0 Å². The molecule has 6 nitrogen and oxygen atoms in total. The minimum Gasteiger partial charge on any atom is -0.406 e. The number of fused-ring (bicyclic) bond motifs is 1. The lowest BCUT2D eigenvalue weighted by atomic mass is 9.95. The summed E-state index contributed by atoms with van der Waals surface area (Å²) in [6.45, 7) is 0.723. The van der Waals surface area contributed by atoms with Gasteiger partial charge in [-0.15, -0.1) is 13.2 Å². The Morgan fingerprint density at radius 1 is 1.06 bits per heavy atom. The molecule has 0 spiro atoms. The zero-order valence-electron chi connectivity index (χ0n) is 18.8. The molecule has 35 heavy (non-hydrogen) atoms. The largest absolute Gasteiger partial charge is 0.573 e. The van der Waals surface area contributed by atoms with Crippen molar-refractivity contribution in [3.05, 3.63) is 77.9 Å². The van der Waals surface area contributed by atoms with Crippen molar-refractivity contribution in [2.45, 2.75) is 25.3 Å². The summed E-state index contributed by atoms with van der Waals surface area (Å²) in [7, 11) is 0. The minimum absolute atomic E-state index is 0.105. The maximum Gasteiger partial charge on any atom is 0.573 e. The molecule has 2 amide bonds. The summed E-state index contributed by atoms with van der Waals surface area (Å²) in [5, 5.41) is 14.9. The van der Waals surface area contributed by atoms with Gasteiger partial charge in [0.25, 0.3) is 5.91 Å². The quantitative estimate of drug-likeness (QED) is 0.540. The zero-order chi connectivity index (χ0) is 25.0. The highest BCUT2D eigenvalue weighted by Gasteiger charge is 2.31. The van der Waals surface area contributed by atoms with Gasteiger partial charge in [-0.2, -0.15) is 0 Å². The third kappa shape index (κ3) is 6.10. The van der Waals surface area contributed by atoms with E-state index in [1.54, 1.807) is 11.0 Å². The first-order valence-corrected chi connectivity index (χ1v) is 11.3. The average Bonchev–Trinajstić information content (AvgIpc) is 2.86. The number of amides is 2. The molecule has 0 aromatic heterocycles. The number of carbonyl (C=O) groups is 2. The number of likely N-dealkylation sites (tertiary alicyclic amines) is 1. The van der Waals surface area contributed by atoms with Crippen molar-refractivity contribution < 1.29 is 32.6 Å². The van der Waals surface area contributed by atoms with Crippen molar-refractivity contribution in [3.8, 4) is 5.75 Å². The highest BCUT2D eigenvalue weighted by molar-refractivity contribution is 6.07. The van der Waals surface area contributed by atoms with Crippen LogP contribution in [0.25, 0.3) is 10.8 Å². The number of piperidine rings is 1. The van der Waals surface area contributed by atoms with Crippen molar-refractivity contribution in [2.75, 3.05) is 19.6 Å². The fourth-order valence-corrected chi connectivity index (χ4v) is 4.31. The van der Waals surface area contributed by atoms with Crippen molar-refractivity contribution >= 4 is 22.6 Å². The van der Waals surface area contributed by atoms with Gasteiger partial charge in [-0.25, -0.2) is 0 Å². The van der Waals surface area contributed by atoms with E-state index in [0.29, 0.717) is 30.5 Å². The fraction of sp³-hybridized carbons (Fsp3) is 0.308. The number of hydrogen-bond acceptors (Lipinski definition) is 4. The van der Waals surface area contributed by atoms with E-state index in [-0.39, 0.29) is 24.9 Å². The van der Waals surface area contributed by atoms with Crippen LogP contribution < -0.4 is 10.1 Å². The zero-order valence-corrected chi connectivity index (χ0v) is 18.8. The van der Waals surface area contributed by atoms with Gasteiger partial charge in [0.15, 0.2) is 0 Å². The number of carbonyl (C=O) groups excluding carboxylic acids is 2. The number of ether oxygens (including phenoxy) is 1. The van der Waals surface area contributed by atoms with Crippen LogP contribution in [0, 0.1) is 5.92 Å². The first kappa shape index (κ1) is 24.5. The lowest BCUT2D eigenvalue weighted by Crippen LogP contribution is -2.46. The molecule has 1 aliphatic rings. The summed E-state index contributed by atoms with van der Waals surface area (Å²) in [6, 6.07) is 18.0. The van der Waals surface area contributed by atoms with E-state index in [9.17, 15) is 27.9 Å². The highest BCUT2D eigenvalue weighted by Crippen LogP contribution is 2.26. The SMILES string of the molecule is O=C(NCC(O)c1ccc(OC(F)(F)F)cc1)C1CCCN(C(=O)c2cccc3ccccc23)C1. The Hall–Kier alpha value is -3.59. The number of hydrogen-bond donors (Lipinski definition) is 2. The van der Waals surface area contributed by atoms with E-state index >= 15 is 0 Å². The number of benzene rings is 3. The van der Waals surface area contributed by atoms with Gasteiger partial charge >= 0.3 is 6.36 Å². The van der Waals surface area contributed by atoms with E-state index in [1.807, 2.05) is 36.4 Å². The third-order valence-corrected chi connectivity index (χ3v) is 6.07. The van der Waals surface area contributed by atoms with Crippen molar-refractivity contribution in [3.63, 3.8) is 0 Å². The molecule has 0 saturated carbocycles. The summed E-state index contributed by atoms with van der Waals surface area (Å²) in [5.41, 5.74) is 0.939. The number of nitrogens with one attached hydrogen (secondary N) is 1. The fourth-order valence-electron chi connectivity index (χ4n) is 4.31. The summed E-state index contributed by atoms with van der Waals surface area (Å²) < 4.78 is 40.7. The van der Waals surface area contributed by atoms with Crippen LogP contribution in [0.15, 0.2) is 66.7 Å². The topological polar surface area (TPSA) is 78.9 Å². The van der Waals surface area contributed by atoms with Crippen LogP contribution in [-0.2, 0) is 4.79 Å². The molecule has 1 saturated heterocycles. The molecule has 3 aromatic carbocycles. The number of aliphatic hydroxyl groups excluding tert-OH is 1. The second kappa shape index (κ2) is 10.4. The molecule has 0 radical (unpaired) electrons. The summed E-state index contributed by atoms with van der Waals surface area (Å²) >= 11 is 0.